The van der Waals surface area contributed by atoms with E-state index < -0.39 is 11.9 Å². The van der Waals surface area contributed by atoms with Crippen LogP contribution in [0.2, 0.25) is 0 Å². The third-order valence-corrected chi connectivity index (χ3v) is 5.11. The van der Waals surface area contributed by atoms with Crippen LogP contribution >= 0.6 is 0 Å². The monoisotopic (exact) mass is 476 g/mol. The number of hydroxylamine groups is 1. The van der Waals surface area contributed by atoms with E-state index in [1.165, 1.54) is 19.2 Å². The summed E-state index contributed by atoms with van der Waals surface area (Å²) in [7, 11) is 1.24. The predicted octanol–water partition coefficient (Wildman–Crippen LogP) is 2.55. The summed E-state index contributed by atoms with van der Waals surface area (Å²) >= 11 is 0. The van der Waals surface area contributed by atoms with Crippen LogP contribution in [0.15, 0.2) is 29.4 Å². The van der Waals surface area contributed by atoms with Gasteiger partial charge in [-0.15, -0.1) is 0 Å². The van der Waals surface area contributed by atoms with Gasteiger partial charge in [0.25, 0.3) is 0 Å². The number of aryl methyl sites for hydroxylation is 1. The van der Waals surface area contributed by atoms with E-state index in [2.05, 4.69) is 15.4 Å². The minimum atomic E-state index is -0.592. The molecule has 2 atom stereocenters. The van der Waals surface area contributed by atoms with Crippen molar-refractivity contribution in [2.45, 2.75) is 58.1 Å². The lowest BCUT2D eigenvalue weighted by Gasteiger charge is -2.20. The van der Waals surface area contributed by atoms with Gasteiger partial charge in [-0.05, 0) is 49.9 Å². The van der Waals surface area contributed by atoms with Crippen molar-refractivity contribution in [2.75, 3.05) is 20.3 Å². The molecule has 0 fully saturated rings. The maximum Gasteiger partial charge on any atom is 0.346 e. The van der Waals surface area contributed by atoms with Crippen LogP contribution in [-0.2, 0) is 35.2 Å². The van der Waals surface area contributed by atoms with E-state index in [0.717, 1.165) is 0 Å². The van der Waals surface area contributed by atoms with Crippen LogP contribution in [0.1, 0.15) is 54.1 Å². The van der Waals surface area contributed by atoms with Crippen LogP contribution in [0.4, 0.5) is 0 Å². The number of aromatic hydroxyl groups is 1. The summed E-state index contributed by atoms with van der Waals surface area (Å²) in [5.41, 5.74) is 4.78. The molecule has 0 aliphatic carbocycles. The SMILES string of the molecule is COC(=O)CO/N=C1/Cc2cc(O)cc(C)c2C(=O)OC(C)C/C=C/CCC(NOCC=O)C1. The van der Waals surface area contributed by atoms with Crippen molar-refractivity contribution in [1.82, 2.24) is 5.48 Å². The van der Waals surface area contributed by atoms with Gasteiger partial charge in [0.1, 0.15) is 24.7 Å². The van der Waals surface area contributed by atoms with E-state index in [4.69, 9.17) is 14.4 Å². The van der Waals surface area contributed by atoms with E-state index >= 15 is 0 Å². The maximum atomic E-state index is 13.0. The Kier molecular flexibility index (Phi) is 11.2. The Hall–Kier alpha value is -3.24. The summed E-state index contributed by atoms with van der Waals surface area (Å²) in [6, 6.07) is 2.75. The van der Waals surface area contributed by atoms with Crippen molar-refractivity contribution in [3.8, 4) is 5.75 Å². The Morgan fingerprint density at radius 1 is 1.35 bits per heavy atom. The molecule has 1 aromatic rings. The third kappa shape index (κ3) is 8.95. The molecule has 0 radical (unpaired) electrons. The smallest absolute Gasteiger partial charge is 0.346 e. The average Bonchev–Trinajstić information content (AvgIpc) is 2.77. The number of carbonyl (C=O) groups is 3. The highest BCUT2D eigenvalue weighted by atomic mass is 16.7. The first kappa shape index (κ1) is 27.0. The molecule has 1 aromatic carbocycles. The van der Waals surface area contributed by atoms with Gasteiger partial charge in [-0.25, -0.2) is 9.59 Å². The highest BCUT2D eigenvalue weighted by molar-refractivity contribution is 5.96. The second-order valence-electron chi connectivity index (χ2n) is 7.98. The van der Waals surface area contributed by atoms with E-state index in [0.29, 0.717) is 54.4 Å². The lowest BCUT2D eigenvalue weighted by Crippen LogP contribution is -2.33. The van der Waals surface area contributed by atoms with Gasteiger partial charge in [-0.1, -0.05) is 17.3 Å². The molecule has 0 spiro atoms. The zero-order chi connectivity index (χ0) is 24.9. The van der Waals surface area contributed by atoms with Gasteiger partial charge >= 0.3 is 11.9 Å². The highest BCUT2D eigenvalue weighted by Gasteiger charge is 2.22. The second kappa shape index (κ2) is 14.1. The Morgan fingerprint density at radius 3 is 2.88 bits per heavy atom. The van der Waals surface area contributed by atoms with Crippen molar-refractivity contribution in [3.63, 3.8) is 0 Å². The topological polar surface area (TPSA) is 133 Å². The standard InChI is InChI=1S/C24H32N2O8/c1-16-11-21(28)13-18-12-20(26-33-15-22(29)31-3)14-19(25-32-10-9-27)8-6-4-5-7-17(2)34-24(30)23(16)18/h4-5,9,11,13,17,19,25,28H,6-8,10,12,14-15H2,1-3H3/b5-4+,26-20-. The maximum absolute atomic E-state index is 13.0. The molecule has 186 valence electrons. The number of hydrogen-bond donors (Lipinski definition) is 2. The quantitative estimate of drug-likeness (QED) is 0.200. The fourth-order valence-corrected chi connectivity index (χ4v) is 3.55. The normalized spacial score (nSPS) is 21.6. The fraction of sp³-hybridized carbons (Fsp3) is 0.500. The number of phenols is 1. The zero-order valence-electron chi connectivity index (χ0n) is 19.7. The molecule has 34 heavy (non-hydrogen) atoms. The number of carbonyl (C=O) groups excluding carboxylic acids is 3. The fourth-order valence-electron chi connectivity index (χ4n) is 3.55. The predicted molar refractivity (Wildman–Crippen MR) is 123 cm³/mol. The summed E-state index contributed by atoms with van der Waals surface area (Å²) in [4.78, 5) is 45.5. The Labute approximate surface area is 198 Å². The number of ether oxygens (including phenoxy) is 2. The first-order valence-electron chi connectivity index (χ1n) is 11.1. The molecule has 0 amide bonds. The molecule has 0 saturated carbocycles. The van der Waals surface area contributed by atoms with E-state index in [-0.39, 0.29) is 37.5 Å². The molecule has 10 heteroatoms. The van der Waals surface area contributed by atoms with Gasteiger partial charge in [0.2, 0.25) is 6.61 Å². The van der Waals surface area contributed by atoms with Gasteiger partial charge in [-0.2, -0.15) is 5.48 Å². The Balaban J connectivity index is 2.43. The van der Waals surface area contributed by atoms with E-state index in [9.17, 15) is 19.5 Å². The number of cyclic esters (lactones) is 1. The number of methoxy groups -OCH3 is 1. The molecule has 10 nitrogen and oxygen atoms in total. The van der Waals surface area contributed by atoms with Crippen molar-refractivity contribution < 1.29 is 38.6 Å². The summed E-state index contributed by atoms with van der Waals surface area (Å²) < 4.78 is 10.2. The van der Waals surface area contributed by atoms with E-state index in [1.807, 2.05) is 19.1 Å². The summed E-state index contributed by atoms with van der Waals surface area (Å²) in [5.74, 6) is -1.09. The first-order valence-corrected chi connectivity index (χ1v) is 11.1. The number of allylic oxidation sites excluding steroid dienone is 1. The highest BCUT2D eigenvalue weighted by Crippen LogP contribution is 2.25. The number of oxime groups is 1. The van der Waals surface area contributed by atoms with Gasteiger partial charge in [-0.3, -0.25) is 4.84 Å². The number of aldehydes is 1. The van der Waals surface area contributed by atoms with Crippen LogP contribution < -0.4 is 5.48 Å². The first-order chi connectivity index (χ1) is 16.3. The molecule has 2 rings (SSSR count). The van der Waals surface area contributed by atoms with Crippen molar-refractivity contribution in [2.24, 2.45) is 5.16 Å². The number of nitrogens with zero attached hydrogens (tertiary/aromatic N) is 1. The lowest BCUT2D eigenvalue weighted by molar-refractivity contribution is -0.145. The summed E-state index contributed by atoms with van der Waals surface area (Å²) in [6.45, 7) is 3.04. The molecule has 0 saturated heterocycles. The van der Waals surface area contributed by atoms with Crippen LogP contribution in [-0.4, -0.2) is 61.5 Å². The van der Waals surface area contributed by atoms with Gasteiger partial charge in [0.05, 0.1) is 18.4 Å². The van der Waals surface area contributed by atoms with E-state index in [1.54, 1.807) is 6.92 Å². The third-order valence-electron chi connectivity index (χ3n) is 5.11. The molecule has 0 bridgehead atoms. The molecule has 1 aliphatic rings. The molecule has 2 N–H and O–H groups in total. The summed E-state index contributed by atoms with van der Waals surface area (Å²) in [6.07, 6.45) is 6.64. The van der Waals surface area contributed by atoms with Gasteiger partial charge in [0, 0.05) is 25.3 Å². The number of benzene rings is 1. The zero-order valence-corrected chi connectivity index (χ0v) is 19.7. The molecule has 1 aliphatic heterocycles. The number of fused-ring (bicyclic) bond motifs is 1. The summed E-state index contributed by atoms with van der Waals surface area (Å²) in [5, 5.41) is 14.3. The number of phenolic OH excluding ortho intramolecular Hbond substituents is 1. The number of nitrogens with one attached hydrogen (secondary N) is 1. The number of esters is 2. The minimum Gasteiger partial charge on any atom is -0.508 e. The molecular formula is C24H32N2O8. The average molecular weight is 477 g/mol. The molecule has 0 aromatic heterocycles. The van der Waals surface area contributed by atoms with Crippen LogP contribution in [0, 0.1) is 6.92 Å². The van der Waals surface area contributed by atoms with Crippen LogP contribution in [0.3, 0.4) is 0 Å². The van der Waals surface area contributed by atoms with Crippen LogP contribution in [0.5, 0.6) is 5.75 Å². The van der Waals surface area contributed by atoms with Crippen molar-refractivity contribution >= 4 is 23.9 Å². The molecular weight excluding hydrogens is 444 g/mol. The number of rotatable bonds is 7. The Bertz CT molecular complexity index is 912. The van der Waals surface area contributed by atoms with Gasteiger partial charge < -0.3 is 24.2 Å². The molecule has 1 heterocycles. The minimum absolute atomic E-state index is 0.0000290. The van der Waals surface area contributed by atoms with Crippen molar-refractivity contribution in [1.29, 1.82) is 0 Å². The lowest BCUT2D eigenvalue weighted by atomic mass is 9.94. The Morgan fingerprint density at radius 2 is 2.15 bits per heavy atom. The van der Waals surface area contributed by atoms with Crippen molar-refractivity contribution in [3.05, 3.63) is 41.0 Å². The molecule has 2 unspecified atom stereocenters. The van der Waals surface area contributed by atoms with Gasteiger partial charge in [0.15, 0.2) is 0 Å². The second-order valence-corrected chi connectivity index (χ2v) is 7.98. The number of hydrogen-bond acceptors (Lipinski definition) is 10. The largest absolute Gasteiger partial charge is 0.508 e. The van der Waals surface area contributed by atoms with Crippen LogP contribution in [0.25, 0.3) is 0 Å².